The molecule has 0 aromatic carbocycles. The van der Waals surface area contributed by atoms with Gasteiger partial charge in [0.05, 0.1) is 62.5 Å². The van der Waals surface area contributed by atoms with E-state index in [2.05, 4.69) is 26.3 Å². The highest BCUT2D eigenvalue weighted by Gasteiger charge is 2.53. The molecule has 0 aromatic heterocycles. The van der Waals surface area contributed by atoms with Crippen LogP contribution in [0.25, 0.3) is 0 Å². The third-order valence-electron chi connectivity index (χ3n) is 6.23. The van der Waals surface area contributed by atoms with E-state index in [4.69, 9.17) is 22.1 Å². The van der Waals surface area contributed by atoms with Crippen molar-refractivity contribution in [2.45, 2.75) is 30.4 Å². The van der Waals surface area contributed by atoms with Crippen LogP contribution in [0.1, 0.15) is 25.7 Å². The van der Waals surface area contributed by atoms with Crippen LogP contribution in [-0.2, 0) is 14.3 Å². The average molecular weight is 503 g/mol. The molecule has 0 aliphatic rings. The summed E-state index contributed by atoms with van der Waals surface area (Å²) in [5.74, 6) is -0.604. The van der Waals surface area contributed by atoms with Crippen molar-refractivity contribution in [2.24, 2.45) is 16.2 Å². The van der Waals surface area contributed by atoms with Gasteiger partial charge < -0.3 is 35.0 Å². The Labute approximate surface area is 208 Å². The highest BCUT2D eigenvalue weighted by atomic mass is 32.1. The molecule has 0 atom stereocenters. The van der Waals surface area contributed by atoms with Crippen LogP contribution in [0, 0.1) is 16.2 Å². The Balaban J connectivity index is 5.84. The van der Waals surface area contributed by atoms with E-state index in [9.17, 15) is 30.3 Å². The van der Waals surface area contributed by atoms with Crippen molar-refractivity contribution >= 4 is 18.6 Å². The highest BCUT2D eigenvalue weighted by Crippen LogP contribution is 2.49. The van der Waals surface area contributed by atoms with Crippen LogP contribution in [0.15, 0.2) is 50.6 Å². The normalized spacial score (nSPS) is 12.8. The fourth-order valence-corrected chi connectivity index (χ4v) is 4.20. The first-order valence-electron chi connectivity index (χ1n) is 11.1. The summed E-state index contributed by atoms with van der Waals surface area (Å²) in [5.41, 5.74) is -3.80. The van der Waals surface area contributed by atoms with Gasteiger partial charge in [-0.15, -0.1) is 26.3 Å². The van der Waals surface area contributed by atoms with Crippen molar-refractivity contribution in [3.05, 3.63) is 50.6 Å². The van der Waals surface area contributed by atoms with Crippen LogP contribution in [0.4, 0.5) is 0 Å². The molecule has 8 nitrogen and oxygen atoms in total. The van der Waals surface area contributed by atoms with Gasteiger partial charge in [0.15, 0.2) is 0 Å². The highest BCUT2D eigenvalue weighted by molar-refractivity contribution is 7.82. The van der Waals surface area contributed by atoms with E-state index in [0.29, 0.717) is 12.8 Å². The minimum atomic E-state index is -1.36. The SMILES string of the molecule is C=CCC(S)(CC=C)C(CC=C)(CC=C)C(=O)OCC(CO)(CO)COCC(CO)(CO)CO. The molecular weight excluding hydrogens is 460 g/mol. The topological polar surface area (TPSA) is 137 Å². The molecule has 0 amide bonds. The smallest absolute Gasteiger partial charge is 0.314 e. The van der Waals surface area contributed by atoms with Crippen molar-refractivity contribution in [2.75, 3.05) is 52.9 Å². The third kappa shape index (κ3) is 7.78. The summed E-state index contributed by atoms with van der Waals surface area (Å²) in [7, 11) is 0. The monoisotopic (exact) mass is 502 g/mol. The van der Waals surface area contributed by atoms with Crippen molar-refractivity contribution in [1.82, 2.24) is 0 Å². The molecule has 0 radical (unpaired) electrons. The largest absolute Gasteiger partial charge is 0.464 e. The molecule has 0 heterocycles. The molecule has 0 unspecified atom stereocenters. The van der Waals surface area contributed by atoms with Crippen molar-refractivity contribution in [3.8, 4) is 0 Å². The number of rotatable bonds is 21. The first-order valence-corrected chi connectivity index (χ1v) is 11.5. The maximum atomic E-state index is 13.6. The predicted octanol–water partition coefficient (Wildman–Crippen LogP) is 1.44. The van der Waals surface area contributed by atoms with E-state index in [-0.39, 0.29) is 32.7 Å². The zero-order valence-electron chi connectivity index (χ0n) is 20.0. The molecule has 196 valence electrons. The average Bonchev–Trinajstić information content (AvgIpc) is 2.84. The number of ether oxygens (including phenoxy) is 2. The van der Waals surface area contributed by atoms with E-state index in [1.807, 2.05) is 0 Å². The molecule has 0 aromatic rings. The van der Waals surface area contributed by atoms with E-state index < -0.39 is 60.0 Å². The number of carbonyl (C=O) groups excluding carboxylic acids is 1. The molecule has 5 N–H and O–H groups in total. The lowest BCUT2D eigenvalue weighted by Crippen LogP contribution is -2.51. The zero-order valence-corrected chi connectivity index (χ0v) is 20.9. The van der Waals surface area contributed by atoms with Gasteiger partial charge in [-0.05, 0) is 25.7 Å². The molecule has 0 rings (SSSR count). The Morgan fingerprint density at radius 1 is 0.676 bits per heavy atom. The summed E-state index contributed by atoms with van der Waals surface area (Å²) in [6, 6.07) is 0. The third-order valence-corrected chi connectivity index (χ3v) is 7.03. The molecule has 0 saturated carbocycles. The second kappa shape index (κ2) is 15.5. The second-order valence-corrected chi connectivity index (χ2v) is 9.80. The minimum Gasteiger partial charge on any atom is -0.464 e. The summed E-state index contributed by atoms with van der Waals surface area (Å²) >= 11 is 4.86. The zero-order chi connectivity index (χ0) is 26.3. The van der Waals surface area contributed by atoms with E-state index >= 15 is 0 Å². The van der Waals surface area contributed by atoms with Crippen LogP contribution in [0.2, 0.25) is 0 Å². The lowest BCUT2D eigenvalue weighted by molar-refractivity contribution is -0.168. The molecule has 34 heavy (non-hydrogen) atoms. The molecule has 9 heteroatoms. The molecule has 0 bridgehead atoms. The van der Waals surface area contributed by atoms with Crippen molar-refractivity contribution in [1.29, 1.82) is 0 Å². The Morgan fingerprint density at radius 2 is 1.06 bits per heavy atom. The van der Waals surface area contributed by atoms with Crippen LogP contribution in [0.5, 0.6) is 0 Å². The maximum absolute atomic E-state index is 13.6. The molecule has 0 fully saturated rings. The van der Waals surface area contributed by atoms with Crippen molar-refractivity contribution in [3.63, 3.8) is 0 Å². The Morgan fingerprint density at radius 3 is 1.41 bits per heavy atom. The standard InChI is InChI=1S/C25H42O8S/c1-5-9-24(10-6-2,25(34,11-7-3)12-8-4)21(31)33-20-23(16-29,17-30)19-32-18-22(13-26,14-27)15-28/h5-8,26-30,34H,1-4,9-20H2. The summed E-state index contributed by atoms with van der Waals surface area (Å²) in [6.07, 6.45) is 7.76. The number of allylic oxidation sites excluding steroid dienone is 4. The number of aliphatic hydroxyl groups excluding tert-OH is 5. The Bertz CT molecular complexity index is 627. The number of hydrogen-bond acceptors (Lipinski definition) is 9. The molecule has 0 saturated heterocycles. The van der Waals surface area contributed by atoms with Gasteiger partial charge in [-0.1, -0.05) is 24.3 Å². The fourth-order valence-electron chi connectivity index (χ4n) is 3.67. The van der Waals surface area contributed by atoms with Gasteiger partial charge in [-0.2, -0.15) is 12.6 Å². The van der Waals surface area contributed by atoms with Crippen LogP contribution in [0.3, 0.4) is 0 Å². The van der Waals surface area contributed by atoms with E-state index in [1.54, 1.807) is 24.3 Å². The number of esters is 1. The second-order valence-electron chi connectivity index (χ2n) is 8.94. The van der Waals surface area contributed by atoms with Gasteiger partial charge in [0, 0.05) is 4.75 Å². The number of carbonyl (C=O) groups is 1. The summed E-state index contributed by atoms with van der Waals surface area (Å²) < 4.78 is 10.3. The predicted molar refractivity (Wildman–Crippen MR) is 135 cm³/mol. The Hall–Kier alpha value is -1.46. The van der Waals surface area contributed by atoms with E-state index in [0.717, 1.165) is 0 Å². The lowest BCUT2D eigenvalue weighted by atomic mass is 9.66. The van der Waals surface area contributed by atoms with Crippen molar-refractivity contribution < 1.29 is 39.8 Å². The number of aliphatic hydroxyl groups is 5. The first kappa shape index (κ1) is 32.5. The van der Waals surface area contributed by atoms with Gasteiger partial charge in [0.1, 0.15) is 6.61 Å². The first-order chi connectivity index (χ1) is 16.1. The summed E-state index contributed by atoms with van der Waals surface area (Å²) in [5, 5.41) is 48.3. The van der Waals surface area contributed by atoms with Crippen LogP contribution >= 0.6 is 12.6 Å². The minimum absolute atomic E-state index is 0.233. The lowest BCUT2D eigenvalue weighted by Gasteiger charge is -2.45. The van der Waals surface area contributed by atoms with Gasteiger partial charge in [-0.3, -0.25) is 4.79 Å². The quantitative estimate of drug-likeness (QED) is 0.0788. The molecule has 0 spiro atoms. The van der Waals surface area contributed by atoms with Crippen LogP contribution < -0.4 is 0 Å². The summed E-state index contributed by atoms with van der Waals surface area (Å²) in [4.78, 5) is 13.6. The Kier molecular flexibility index (Phi) is 14.9. The summed E-state index contributed by atoms with van der Waals surface area (Å²) in [6.45, 7) is 11.6. The van der Waals surface area contributed by atoms with Gasteiger partial charge >= 0.3 is 5.97 Å². The molecular formula is C25H42O8S. The maximum Gasteiger partial charge on any atom is 0.314 e. The van der Waals surface area contributed by atoms with Gasteiger partial charge in [0.25, 0.3) is 0 Å². The fraction of sp³-hybridized carbons (Fsp3) is 0.640. The number of hydrogen-bond donors (Lipinski definition) is 6. The van der Waals surface area contributed by atoms with E-state index in [1.165, 1.54) is 0 Å². The molecule has 0 aliphatic heterocycles. The van der Waals surface area contributed by atoms with Crippen LogP contribution in [-0.4, -0.2) is 89.1 Å². The van der Waals surface area contributed by atoms with Gasteiger partial charge in [0.2, 0.25) is 0 Å². The number of thiol groups is 1. The van der Waals surface area contributed by atoms with Gasteiger partial charge in [-0.25, -0.2) is 0 Å². The molecule has 0 aliphatic carbocycles.